The number of nitrogens with two attached hydrogens (primary N) is 1. The molecule has 3 heterocycles. The van der Waals surface area contributed by atoms with Gasteiger partial charge < -0.3 is 10.6 Å². The molecule has 1 aliphatic heterocycles. The molecule has 9 nitrogen and oxygen atoms in total. The summed E-state index contributed by atoms with van der Waals surface area (Å²) in [4.78, 5) is 45.0. The lowest BCUT2D eigenvalue weighted by Gasteiger charge is -2.42. The van der Waals surface area contributed by atoms with Crippen LogP contribution in [0.4, 0.5) is 0 Å². The first kappa shape index (κ1) is 27.2. The Bertz CT molecular complexity index is 1570. The van der Waals surface area contributed by atoms with Crippen molar-refractivity contribution in [1.82, 2.24) is 19.4 Å². The Kier molecular flexibility index (Phi) is 7.70. The number of carbonyl (C=O) groups is 1. The fourth-order valence-corrected chi connectivity index (χ4v) is 6.56. The van der Waals surface area contributed by atoms with E-state index in [2.05, 4.69) is 37.6 Å². The maximum atomic E-state index is 12.9. The Balaban J connectivity index is 1.30. The number of Topliss-reactive ketones (excluding diaryl/α,β-unsaturated/α-hetero) is 1. The third-order valence-electron chi connectivity index (χ3n) is 7.68. The lowest BCUT2D eigenvalue weighted by molar-refractivity contribution is -0.117. The van der Waals surface area contributed by atoms with Gasteiger partial charge in [0.25, 0.3) is 5.56 Å². The van der Waals surface area contributed by atoms with Crippen LogP contribution in [0, 0.1) is 5.41 Å². The molecule has 0 unspecified atom stereocenters. The van der Waals surface area contributed by atoms with Gasteiger partial charge in [0.15, 0.2) is 0 Å². The maximum absolute atomic E-state index is 12.9. The largest absolute Gasteiger partial charge is 0.360 e. The van der Waals surface area contributed by atoms with E-state index in [1.54, 1.807) is 18.3 Å². The van der Waals surface area contributed by atoms with Crippen molar-refractivity contribution in [2.24, 2.45) is 21.1 Å². The molecule has 1 fully saturated rings. The Morgan fingerprint density at radius 2 is 2.05 bits per heavy atom. The molecule has 0 amide bonds. The average Bonchev–Trinajstić information content (AvgIpc) is 3.20. The average molecular weight is 564 g/mol. The van der Waals surface area contributed by atoms with Gasteiger partial charge in [0.2, 0.25) is 0 Å². The Morgan fingerprint density at radius 3 is 2.74 bits per heavy atom. The quantitative estimate of drug-likeness (QED) is 0.268. The van der Waals surface area contributed by atoms with Gasteiger partial charge in [-0.15, -0.1) is 0 Å². The zero-order chi connectivity index (χ0) is 27.7. The number of benzene rings is 1. The van der Waals surface area contributed by atoms with Gasteiger partial charge >= 0.3 is 0 Å². The summed E-state index contributed by atoms with van der Waals surface area (Å²) in [6.07, 6.45) is 7.75. The van der Waals surface area contributed by atoms with Crippen LogP contribution < -0.4 is 11.3 Å². The second kappa shape index (κ2) is 11.0. The summed E-state index contributed by atoms with van der Waals surface area (Å²) in [6, 6.07) is 7.60. The summed E-state index contributed by atoms with van der Waals surface area (Å²) in [5.74, 6) is 0.737. The molecule has 1 aromatic carbocycles. The van der Waals surface area contributed by atoms with Crippen molar-refractivity contribution in [3.05, 3.63) is 74.7 Å². The predicted molar refractivity (Wildman–Crippen MR) is 156 cm³/mol. The lowest BCUT2D eigenvalue weighted by atomic mass is 9.73. The second-order valence-electron chi connectivity index (χ2n) is 10.1. The van der Waals surface area contributed by atoms with E-state index in [-0.39, 0.29) is 39.8 Å². The lowest BCUT2D eigenvalue weighted by Crippen LogP contribution is -2.45. The summed E-state index contributed by atoms with van der Waals surface area (Å²) in [5.41, 5.74) is 9.14. The first-order valence-corrected chi connectivity index (χ1v) is 13.9. The molecule has 3 aromatic rings. The van der Waals surface area contributed by atoms with Crippen LogP contribution in [-0.4, -0.2) is 50.9 Å². The molecule has 1 atom stereocenters. The van der Waals surface area contributed by atoms with Crippen LogP contribution in [0.5, 0.6) is 0 Å². The minimum atomic E-state index is -0.364. The topological polar surface area (TPSA) is 119 Å². The highest BCUT2D eigenvalue weighted by Gasteiger charge is 2.46. The summed E-state index contributed by atoms with van der Waals surface area (Å²) in [5, 5.41) is 1.06. The van der Waals surface area contributed by atoms with E-state index in [1.807, 2.05) is 19.2 Å². The highest BCUT2D eigenvalue weighted by molar-refractivity contribution is 8.03. The first-order chi connectivity index (χ1) is 18.7. The van der Waals surface area contributed by atoms with Gasteiger partial charge in [-0.2, -0.15) is 0 Å². The molecular weight excluding hydrogens is 534 g/mol. The van der Waals surface area contributed by atoms with E-state index in [0.717, 1.165) is 43.9 Å². The first-order valence-electron chi connectivity index (χ1n) is 12.7. The SMILES string of the molecule is C=N/C(=C\N=C(C)N1CCC2(CC1)Cc1ncccc1[C@H]2N)Sc1ccc2ncn(CC(C)=O)c(=O)c2c1Cl. The van der Waals surface area contributed by atoms with Gasteiger partial charge in [-0.05, 0) is 69.0 Å². The van der Waals surface area contributed by atoms with Crippen molar-refractivity contribution in [3.8, 4) is 0 Å². The molecule has 2 aromatic heterocycles. The van der Waals surface area contributed by atoms with E-state index in [9.17, 15) is 9.59 Å². The highest BCUT2D eigenvalue weighted by Crippen LogP contribution is 2.50. The van der Waals surface area contributed by atoms with Gasteiger partial charge in [-0.3, -0.25) is 24.1 Å². The third kappa shape index (κ3) is 5.28. The molecule has 1 saturated heterocycles. The summed E-state index contributed by atoms with van der Waals surface area (Å²) < 4.78 is 1.26. The third-order valence-corrected chi connectivity index (χ3v) is 9.19. The number of thioether (sulfide) groups is 1. The zero-order valence-electron chi connectivity index (χ0n) is 21.9. The van der Waals surface area contributed by atoms with Gasteiger partial charge in [-0.1, -0.05) is 29.4 Å². The van der Waals surface area contributed by atoms with Crippen molar-refractivity contribution in [3.63, 3.8) is 0 Å². The number of nitrogens with zero attached hydrogens (tertiary/aromatic N) is 6. The highest BCUT2D eigenvalue weighted by atomic mass is 35.5. The molecule has 11 heteroatoms. The monoisotopic (exact) mass is 563 g/mol. The zero-order valence-corrected chi connectivity index (χ0v) is 23.5. The smallest absolute Gasteiger partial charge is 0.263 e. The number of rotatable bonds is 6. The Morgan fingerprint density at radius 1 is 1.28 bits per heavy atom. The predicted octanol–water partition coefficient (Wildman–Crippen LogP) is 4.38. The van der Waals surface area contributed by atoms with Gasteiger partial charge in [0, 0.05) is 35.9 Å². The molecule has 5 rings (SSSR count). The molecule has 0 bridgehead atoms. The number of pyridine rings is 1. The molecule has 1 spiro atoms. The number of fused-ring (bicyclic) bond motifs is 2. The summed E-state index contributed by atoms with van der Waals surface area (Å²) in [6.45, 7) is 8.75. The number of amidine groups is 1. The minimum absolute atomic E-state index is 0.0157. The normalized spacial score (nSPS) is 19.0. The van der Waals surface area contributed by atoms with Gasteiger partial charge in [0.05, 0.1) is 35.0 Å². The van der Waals surface area contributed by atoms with E-state index >= 15 is 0 Å². The number of halogens is 1. The fraction of sp³-hybridized carbons (Fsp3) is 0.357. The number of likely N-dealkylation sites (tertiary alicyclic amines) is 1. The standard InChI is InChI=1S/C28H30ClN7O2S/c1-17(37)15-36-16-34-20-6-7-22(25(29)24(20)27(36)38)39-23(31-3)14-33-18(2)35-11-8-28(9-12-35)13-21-19(26(28)30)5-4-10-32-21/h4-7,10,14,16,26H,3,8-9,11-13,15,30H2,1-2H3/b23-14+,33-18?/t26-/m1/s1. The van der Waals surface area contributed by atoms with Crippen LogP contribution in [0.15, 0.2) is 67.7 Å². The molecule has 2 N–H and O–H groups in total. The number of aromatic nitrogens is 3. The molecule has 0 radical (unpaired) electrons. The van der Waals surface area contributed by atoms with Crippen LogP contribution in [-0.2, 0) is 17.8 Å². The van der Waals surface area contributed by atoms with Gasteiger partial charge in [0.1, 0.15) is 16.6 Å². The number of hydrogen-bond acceptors (Lipinski definition) is 8. The summed E-state index contributed by atoms with van der Waals surface area (Å²) >= 11 is 7.90. The Hall–Kier alpha value is -3.34. The van der Waals surface area contributed by atoms with Crippen molar-refractivity contribution in [1.29, 1.82) is 0 Å². The van der Waals surface area contributed by atoms with Crippen LogP contribution >= 0.6 is 23.4 Å². The van der Waals surface area contributed by atoms with Crippen LogP contribution in [0.3, 0.4) is 0 Å². The molecule has 1 aliphatic carbocycles. The van der Waals surface area contributed by atoms with Crippen molar-refractivity contribution in [2.75, 3.05) is 13.1 Å². The number of ketones is 1. The maximum Gasteiger partial charge on any atom is 0.263 e. The van der Waals surface area contributed by atoms with E-state index in [0.29, 0.717) is 15.4 Å². The minimum Gasteiger partial charge on any atom is -0.360 e. The van der Waals surface area contributed by atoms with E-state index in [1.165, 1.54) is 35.1 Å². The van der Waals surface area contributed by atoms with Gasteiger partial charge in [-0.25, -0.2) is 9.98 Å². The summed E-state index contributed by atoms with van der Waals surface area (Å²) in [7, 11) is 0. The van der Waals surface area contributed by atoms with E-state index in [4.69, 9.17) is 17.3 Å². The second-order valence-corrected chi connectivity index (χ2v) is 11.5. The number of hydrogen-bond donors (Lipinski definition) is 1. The Labute approximate surface area is 235 Å². The van der Waals surface area contributed by atoms with Crippen LogP contribution in [0.2, 0.25) is 5.02 Å². The number of carbonyl (C=O) groups excluding carboxylic acids is 1. The molecular formula is C28H30ClN7O2S. The molecule has 0 saturated carbocycles. The van der Waals surface area contributed by atoms with Crippen molar-refractivity contribution in [2.45, 2.75) is 50.6 Å². The molecule has 202 valence electrons. The fourth-order valence-electron chi connectivity index (χ4n) is 5.48. The number of piperidine rings is 1. The van der Waals surface area contributed by atoms with Crippen molar-refractivity contribution < 1.29 is 4.79 Å². The number of aliphatic imine (C=N–C) groups is 2. The van der Waals surface area contributed by atoms with Crippen molar-refractivity contribution >= 4 is 52.6 Å². The van der Waals surface area contributed by atoms with Crippen LogP contribution in [0.25, 0.3) is 10.9 Å². The van der Waals surface area contributed by atoms with E-state index < -0.39 is 0 Å². The van der Waals surface area contributed by atoms with Crippen LogP contribution in [0.1, 0.15) is 44.0 Å². The molecule has 2 aliphatic rings. The molecule has 39 heavy (non-hydrogen) atoms.